The highest BCUT2D eigenvalue weighted by Gasteiger charge is 2.15. The quantitative estimate of drug-likeness (QED) is 0.778. The Morgan fingerprint density at radius 3 is 2.23 bits per heavy atom. The minimum absolute atomic E-state index is 0.0208. The van der Waals surface area contributed by atoms with Crippen LogP contribution in [0.15, 0.2) is 16.7 Å². The maximum absolute atomic E-state index is 5.96. The predicted molar refractivity (Wildman–Crippen MR) is 54.6 cm³/mol. The van der Waals surface area contributed by atoms with Gasteiger partial charge in [0, 0.05) is 0 Å². The van der Waals surface area contributed by atoms with Crippen molar-refractivity contribution >= 4 is 0 Å². The SMILES string of the molecule is CC(C)c1coc([C@H](N)C(C)C)c1. The van der Waals surface area contributed by atoms with Crippen molar-refractivity contribution in [2.45, 2.75) is 39.7 Å². The standard InChI is InChI=1S/C11H19NO/c1-7(2)9-5-10(13-6-9)11(12)8(3)4/h5-8,11H,12H2,1-4H3/t11-/m1/s1. The van der Waals surface area contributed by atoms with Crippen molar-refractivity contribution in [1.82, 2.24) is 0 Å². The summed E-state index contributed by atoms with van der Waals surface area (Å²) >= 11 is 0. The lowest BCUT2D eigenvalue weighted by atomic mass is 10.0. The molecular weight excluding hydrogens is 162 g/mol. The highest BCUT2D eigenvalue weighted by Crippen LogP contribution is 2.24. The molecule has 0 saturated heterocycles. The molecule has 1 heterocycles. The second kappa shape index (κ2) is 3.97. The Morgan fingerprint density at radius 1 is 1.23 bits per heavy atom. The molecular formula is C11H19NO. The molecule has 74 valence electrons. The molecule has 0 amide bonds. The van der Waals surface area contributed by atoms with Crippen LogP contribution in [0.3, 0.4) is 0 Å². The van der Waals surface area contributed by atoms with Crippen molar-refractivity contribution in [1.29, 1.82) is 0 Å². The molecule has 2 N–H and O–H groups in total. The largest absolute Gasteiger partial charge is 0.467 e. The van der Waals surface area contributed by atoms with Gasteiger partial charge < -0.3 is 10.2 Å². The minimum atomic E-state index is 0.0208. The van der Waals surface area contributed by atoms with E-state index in [2.05, 4.69) is 33.8 Å². The first-order valence-corrected chi connectivity index (χ1v) is 4.86. The van der Waals surface area contributed by atoms with Gasteiger partial charge in [-0.25, -0.2) is 0 Å². The van der Waals surface area contributed by atoms with E-state index in [-0.39, 0.29) is 6.04 Å². The van der Waals surface area contributed by atoms with E-state index in [0.29, 0.717) is 11.8 Å². The van der Waals surface area contributed by atoms with Crippen molar-refractivity contribution in [3.05, 3.63) is 23.7 Å². The highest BCUT2D eigenvalue weighted by atomic mass is 16.3. The summed E-state index contributed by atoms with van der Waals surface area (Å²) in [5.41, 5.74) is 7.19. The summed E-state index contributed by atoms with van der Waals surface area (Å²) < 4.78 is 5.42. The first-order valence-electron chi connectivity index (χ1n) is 4.86. The van der Waals surface area contributed by atoms with Crippen LogP contribution >= 0.6 is 0 Å². The molecule has 0 radical (unpaired) electrons. The van der Waals surface area contributed by atoms with Crippen LogP contribution in [0.1, 0.15) is 51.0 Å². The normalized spacial score (nSPS) is 14.1. The molecule has 0 spiro atoms. The van der Waals surface area contributed by atoms with Crippen molar-refractivity contribution in [2.75, 3.05) is 0 Å². The lowest BCUT2D eigenvalue weighted by Crippen LogP contribution is -2.15. The van der Waals surface area contributed by atoms with Gasteiger partial charge in [-0.15, -0.1) is 0 Å². The molecule has 0 aromatic carbocycles. The van der Waals surface area contributed by atoms with Gasteiger partial charge in [-0.1, -0.05) is 27.7 Å². The van der Waals surface area contributed by atoms with Gasteiger partial charge in [0.1, 0.15) is 5.76 Å². The van der Waals surface area contributed by atoms with Crippen molar-refractivity contribution < 1.29 is 4.42 Å². The lowest BCUT2D eigenvalue weighted by Gasteiger charge is -2.11. The summed E-state index contributed by atoms with van der Waals surface area (Å²) in [4.78, 5) is 0. The molecule has 0 fully saturated rings. The minimum Gasteiger partial charge on any atom is -0.467 e. The van der Waals surface area contributed by atoms with E-state index in [1.165, 1.54) is 5.56 Å². The van der Waals surface area contributed by atoms with Crippen LogP contribution in [0.4, 0.5) is 0 Å². The summed E-state index contributed by atoms with van der Waals surface area (Å²) in [5, 5.41) is 0. The number of furan rings is 1. The topological polar surface area (TPSA) is 39.2 Å². The summed E-state index contributed by atoms with van der Waals surface area (Å²) in [6.07, 6.45) is 1.81. The molecule has 0 aliphatic carbocycles. The van der Waals surface area contributed by atoms with Gasteiger partial charge in [-0.2, -0.15) is 0 Å². The third-order valence-electron chi connectivity index (χ3n) is 2.35. The van der Waals surface area contributed by atoms with E-state index in [1.807, 2.05) is 6.26 Å². The third kappa shape index (κ3) is 2.34. The molecule has 0 unspecified atom stereocenters. The third-order valence-corrected chi connectivity index (χ3v) is 2.35. The average molecular weight is 181 g/mol. The van der Waals surface area contributed by atoms with E-state index < -0.39 is 0 Å². The van der Waals surface area contributed by atoms with Crippen molar-refractivity contribution in [3.8, 4) is 0 Å². The number of rotatable bonds is 3. The van der Waals surface area contributed by atoms with E-state index in [9.17, 15) is 0 Å². The number of hydrogen-bond acceptors (Lipinski definition) is 2. The van der Waals surface area contributed by atoms with Gasteiger partial charge in [0.2, 0.25) is 0 Å². The second-order valence-electron chi connectivity index (χ2n) is 4.21. The van der Waals surface area contributed by atoms with Crippen LogP contribution in [-0.4, -0.2) is 0 Å². The number of hydrogen-bond donors (Lipinski definition) is 1. The average Bonchev–Trinajstić information content (AvgIpc) is 2.50. The van der Waals surface area contributed by atoms with Crippen LogP contribution in [0.5, 0.6) is 0 Å². The Bertz CT molecular complexity index is 263. The zero-order valence-electron chi connectivity index (χ0n) is 8.87. The zero-order chi connectivity index (χ0) is 10.0. The van der Waals surface area contributed by atoms with Crippen LogP contribution in [0, 0.1) is 5.92 Å². The molecule has 0 saturated carbocycles. The van der Waals surface area contributed by atoms with Gasteiger partial charge in [0.15, 0.2) is 0 Å². The monoisotopic (exact) mass is 181 g/mol. The van der Waals surface area contributed by atoms with Crippen LogP contribution in [0.2, 0.25) is 0 Å². The summed E-state index contributed by atoms with van der Waals surface area (Å²) in [7, 11) is 0. The van der Waals surface area contributed by atoms with Gasteiger partial charge >= 0.3 is 0 Å². The Kier molecular flexibility index (Phi) is 3.15. The summed E-state index contributed by atoms with van der Waals surface area (Å²) in [6.45, 7) is 8.50. The Labute approximate surface area is 80.1 Å². The molecule has 1 rings (SSSR count). The molecule has 2 nitrogen and oxygen atoms in total. The van der Waals surface area contributed by atoms with Crippen LogP contribution < -0.4 is 5.73 Å². The first-order chi connectivity index (χ1) is 6.02. The Balaban J connectivity index is 2.79. The summed E-state index contributed by atoms with van der Waals surface area (Å²) in [6, 6.07) is 2.09. The molecule has 2 heteroatoms. The molecule has 1 aromatic rings. The summed E-state index contributed by atoms with van der Waals surface area (Å²) in [5.74, 6) is 1.83. The Morgan fingerprint density at radius 2 is 1.85 bits per heavy atom. The van der Waals surface area contributed by atoms with E-state index in [4.69, 9.17) is 10.2 Å². The van der Waals surface area contributed by atoms with Gasteiger partial charge in [0.25, 0.3) is 0 Å². The highest BCUT2D eigenvalue weighted by molar-refractivity contribution is 5.18. The molecule has 13 heavy (non-hydrogen) atoms. The van der Waals surface area contributed by atoms with Gasteiger partial charge in [0.05, 0.1) is 12.3 Å². The van der Waals surface area contributed by atoms with E-state index in [1.54, 1.807) is 0 Å². The van der Waals surface area contributed by atoms with Gasteiger partial charge in [-0.3, -0.25) is 0 Å². The second-order valence-corrected chi connectivity index (χ2v) is 4.21. The molecule has 1 atom stereocenters. The fourth-order valence-electron chi connectivity index (χ4n) is 1.17. The fourth-order valence-corrected chi connectivity index (χ4v) is 1.17. The van der Waals surface area contributed by atoms with Crippen LogP contribution in [0.25, 0.3) is 0 Å². The molecule has 1 aromatic heterocycles. The van der Waals surface area contributed by atoms with E-state index in [0.717, 1.165) is 5.76 Å². The first kappa shape index (κ1) is 10.3. The predicted octanol–water partition coefficient (Wildman–Crippen LogP) is 3.06. The fraction of sp³-hybridized carbons (Fsp3) is 0.636. The van der Waals surface area contributed by atoms with Crippen molar-refractivity contribution in [2.24, 2.45) is 11.7 Å². The maximum Gasteiger partial charge on any atom is 0.121 e. The lowest BCUT2D eigenvalue weighted by molar-refractivity contribution is 0.402. The molecule has 0 aliphatic heterocycles. The Hall–Kier alpha value is -0.760. The smallest absolute Gasteiger partial charge is 0.121 e. The zero-order valence-corrected chi connectivity index (χ0v) is 8.87. The van der Waals surface area contributed by atoms with E-state index >= 15 is 0 Å². The molecule has 0 bridgehead atoms. The molecule has 0 aliphatic rings. The van der Waals surface area contributed by atoms with Gasteiger partial charge in [-0.05, 0) is 23.5 Å². The van der Waals surface area contributed by atoms with Crippen molar-refractivity contribution in [3.63, 3.8) is 0 Å². The maximum atomic E-state index is 5.96. The number of nitrogens with two attached hydrogens (primary N) is 1. The van der Waals surface area contributed by atoms with Crippen LogP contribution in [-0.2, 0) is 0 Å².